The van der Waals surface area contributed by atoms with E-state index < -0.39 is 5.97 Å². The van der Waals surface area contributed by atoms with E-state index in [1.165, 1.54) is 7.11 Å². The third-order valence-electron chi connectivity index (χ3n) is 6.11. The largest absolute Gasteiger partial charge is 0.465 e. The molecule has 9 heteroatoms. The Labute approximate surface area is 184 Å². The fraction of sp³-hybridized carbons (Fsp3) is 0.364. The van der Waals surface area contributed by atoms with Crippen LogP contribution in [-0.2, 0) is 17.8 Å². The molecule has 1 saturated heterocycles. The van der Waals surface area contributed by atoms with E-state index in [0.29, 0.717) is 40.7 Å². The van der Waals surface area contributed by atoms with Gasteiger partial charge in [-0.1, -0.05) is 6.07 Å². The first-order valence-electron chi connectivity index (χ1n) is 10.0. The number of rotatable bonds is 3. The van der Waals surface area contributed by atoms with Gasteiger partial charge in [-0.3, -0.25) is 14.5 Å². The highest BCUT2D eigenvalue weighted by molar-refractivity contribution is 5.93. The molecule has 0 radical (unpaired) electrons. The second-order valence-corrected chi connectivity index (χ2v) is 8.13. The molecule has 2 bridgehead atoms. The number of carbonyl (C=O) groups is 1. The van der Waals surface area contributed by atoms with E-state index >= 15 is 0 Å². The number of pyridine rings is 1. The summed E-state index contributed by atoms with van der Waals surface area (Å²) in [5.41, 5.74) is 1.78. The number of esters is 1. The Morgan fingerprint density at radius 3 is 2.84 bits per heavy atom. The summed E-state index contributed by atoms with van der Waals surface area (Å²) in [5.74, 6) is 0.803. The summed E-state index contributed by atoms with van der Waals surface area (Å²) < 4.78 is 6.66. The van der Waals surface area contributed by atoms with E-state index in [9.17, 15) is 14.4 Å². The topological polar surface area (TPSA) is 97.3 Å². The first-order chi connectivity index (χ1) is 14.5. The molecule has 2 aliphatic heterocycles. The summed E-state index contributed by atoms with van der Waals surface area (Å²) in [7, 11) is 1.32. The molecule has 2 unspecified atom stereocenters. The third kappa shape index (κ3) is 3.88. The minimum Gasteiger partial charge on any atom is -0.465 e. The van der Waals surface area contributed by atoms with Crippen molar-refractivity contribution in [1.82, 2.24) is 19.4 Å². The molecule has 0 aliphatic carbocycles. The number of aromatic nitrogens is 3. The smallest absolute Gasteiger partial charge is 0.337 e. The average Bonchev–Trinajstić information content (AvgIpc) is 2.73. The number of likely N-dealkylation sites (tertiary alicyclic amines) is 1. The van der Waals surface area contributed by atoms with Crippen molar-refractivity contribution in [1.29, 1.82) is 0 Å². The molecule has 1 N–H and O–H groups in total. The van der Waals surface area contributed by atoms with Gasteiger partial charge in [0.15, 0.2) is 0 Å². The monoisotopic (exact) mass is 442 g/mol. The normalized spacial score (nSPS) is 20.0. The number of hydrogen-bond acceptors (Lipinski definition) is 6. The number of nitrogens with one attached hydrogen (secondary N) is 1. The number of benzene rings is 1. The van der Waals surface area contributed by atoms with Crippen LogP contribution < -0.4 is 11.1 Å². The van der Waals surface area contributed by atoms with Crippen LogP contribution in [0.4, 0.5) is 0 Å². The Bertz CT molecular complexity index is 1270. The van der Waals surface area contributed by atoms with Crippen LogP contribution in [0.25, 0.3) is 10.9 Å². The lowest BCUT2D eigenvalue weighted by atomic mass is 9.83. The minimum absolute atomic E-state index is 0. The molecule has 0 spiro atoms. The van der Waals surface area contributed by atoms with E-state index in [0.717, 1.165) is 31.7 Å². The Balaban J connectivity index is 0.00000231. The highest BCUT2D eigenvalue weighted by Gasteiger charge is 2.34. The second-order valence-electron chi connectivity index (χ2n) is 8.13. The van der Waals surface area contributed by atoms with Crippen molar-refractivity contribution in [2.24, 2.45) is 5.92 Å². The highest BCUT2D eigenvalue weighted by Crippen LogP contribution is 2.35. The first kappa shape index (κ1) is 21.3. The first-order valence-corrected chi connectivity index (χ1v) is 10.0. The number of ether oxygens (including phenoxy) is 1. The van der Waals surface area contributed by atoms with Crippen molar-refractivity contribution >= 4 is 29.3 Å². The van der Waals surface area contributed by atoms with Crippen LogP contribution in [0.3, 0.4) is 0 Å². The number of halogens is 1. The minimum atomic E-state index is -0.460. The molecular formula is C22H23ClN4O4. The van der Waals surface area contributed by atoms with Gasteiger partial charge >= 0.3 is 5.97 Å². The van der Waals surface area contributed by atoms with Crippen molar-refractivity contribution < 1.29 is 9.53 Å². The fourth-order valence-electron chi connectivity index (χ4n) is 4.84. The molecular weight excluding hydrogens is 420 g/mol. The standard InChI is InChI=1S/C22H22N4O4.ClH/c1-30-22(29)14-5-6-16-17(8-14)23-19(24-21(16)28)12-25-9-13-7-15(11-25)18-3-2-4-20(27)26(18)10-13;/h2-6,8,13,15H,7,9-12H2,1H3,(H,23,24,28);1H. The number of methoxy groups -OCH3 is 1. The quantitative estimate of drug-likeness (QED) is 0.622. The van der Waals surface area contributed by atoms with E-state index in [1.807, 2.05) is 16.7 Å². The van der Waals surface area contributed by atoms with Gasteiger partial charge in [0, 0.05) is 37.3 Å². The van der Waals surface area contributed by atoms with E-state index in [-0.39, 0.29) is 23.5 Å². The molecule has 31 heavy (non-hydrogen) atoms. The zero-order valence-corrected chi connectivity index (χ0v) is 17.9. The molecule has 162 valence electrons. The lowest BCUT2D eigenvalue weighted by molar-refractivity contribution is 0.0601. The van der Waals surface area contributed by atoms with Gasteiger partial charge in [0.05, 0.1) is 30.1 Å². The molecule has 0 saturated carbocycles. The van der Waals surface area contributed by atoms with Gasteiger partial charge < -0.3 is 14.3 Å². The van der Waals surface area contributed by atoms with Gasteiger partial charge in [-0.05, 0) is 36.6 Å². The molecule has 2 aliphatic rings. The number of hydrogen-bond donors (Lipinski definition) is 1. The van der Waals surface area contributed by atoms with Crippen LogP contribution in [0.1, 0.15) is 34.2 Å². The molecule has 4 heterocycles. The number of piperidine rings is 1. The molecule has 8 nitrogen and oxygen atoms in total. The molecule has 5 rings (SSSR count). The Morgan fingerprint density at radius 1 is 1.19 bits per heavy atom. The lowest BCUT2D eigenvalue weighted by Crippen LogP contribution is -2.46. The summed E-state index contributed by atoms with van der Waals surface area (Å²) >= 11 is 0. The summed E-state index contributed by atoms with van der Waals surface area (Å²) in [6.45, 7) is 2.90. The van der Waals surface area contributed by atoms with Gasteiger partial charge in [-0.15, -0.1) is 12.4 Å². The molecule has 2 atom stereocenters. The van der Waals surface area contributed by atoms with Gasteiger partial charge in [0.1, 0.15) is 5.82 Å². The van der Waals surface area contributed by atoms with Crippen molar-refractivity contribution in [3.05, 3.63) is 74.2 Å². The summed E-state index contributed by atoms with van der Waals surface area (Å²) in [5, 5.41) is 0.440. The number of nitrogens with zero attached hydrogens (tertiary/aromatic N) is 3. The predicted molar refractivity (Wildman–Crippen MR) is 118 cm³/mol. The third-order valence-corrected chi connectivity index (χ3v) is 6.11. The Hall–Kier alpha value is -2.97. The predicted octanol–water partition coefficient (Wildman–Crippen LogP) is 1.91. The van der Waals surface area contributed by atoms with Crippen LogP contribution in [0.2, 0.25) is 0 Å². The van der Waals surface area contributed by atoms with Gasteiger partial charge in [-0.2, -0.15) is 0 Å². The van der Waals surface area contributed by atoms with Crippen molar-refractivity contribution in [3.8, 4) is 0 Å². The number of carbonyl (C=O) groups excluding carboxylic acids is 1. The molecule has 1 fully saturated rings. The lowest BCUT2D eigenvalue weighted by Gasteiger charge is -2.42. The fourth-order valence-corrected chi connectivity index (χ4v) is 4.84. The zero-order chi connectivity index (χ0) is 20.8. The second kappa shape index (κ2) is 8.28. The molecule has 1 aromatic carbocycles. The Morgan fingerprint density at radius 2 is 2.03 bits per heavy atom. The van der Waals surface area contributed by atoms with Crippen LogP contribution in [0.15, 0.2) is 46.0 Å². The van der Waals surface area contributed by atoms with Gasteiger partial charge in [0.25, 0.3) is 11.1 Å². The molecule has 2 aromatic heterocycles. The van der Waals surface area contributed by atoms with Gasteiger partial charge in [0.2, 0.25) is 0 Å². The van der Waals surface area contributed by atoms with Crippen LogP contribution in [0.5, 0.6) is 0 Å². The van der Waals surface area contributed by atoms with Crippen molar-refractivity contribution in [3.63, 3.8) is 0 Å². The van der Waals surface area contributed by atoms with E-state index in [2.05, 4.69) is 14.9 Å². The SMILES string of the molecule is COC(=O)c1ccc2c(=O)[nH]c(CN3CC4CC(C3)c3cccc(=O)n3C4)nc2c1.Cl. The summed E-state index contributed by atoms with van der Waals surface area (Å²) in [4.78, 5) is 46.3. The van der Waals surface area contributed by atoms with E-state index in [4.69, 9.17) is 4.74 Å². The molecule has 3 aromatic rings. The maximum Gasteiger partial charge on any atom is 0.337 e. The maximum absolute atomic E-state index is 12.5. The Kier molecular flexibility index (Phi) is 5.68. The number of aromatic amines is 1. The van der Waals surface area contributed by atoms with Crippen LogP contribution in [0, 0.1) is 5.92 Å². The number of H-pyrrole nitrogens is 1. The van der Waals surface area contributed by atoms with E-state index in [1.54, 1.807) is 24.3 Å². The van der Waals surface area contributed by atoms with Gasteiger partial charge in [-0.25, -0.2) is 9.78 Å². The van der Waals surface area contributed by atoms with Crippen LogP contribution in [-0.4, -0.2) is 45.6 Å². The summed E-state index contributed by atoms with van der Waals surface area (Å²) in [6.07, 6.45) is 1.07. The highest BCUT2D eigenvalue weighted by atomic mass is 35.5. The summed E-state index contributed by atoms with van der Waals surface area (Å²) in [6, 6.07) is 10.2. The van der Waals surface area contributed by atoms with Crippen molar-refractivity contribution in [2.45, 2.75) is 25.4 Å². The molecule has 0 amide bonds. The average molecular weight is 443 g/mol. The maximum atomic E-state index is 12.5. The van der Waals surface area contributed by atoms with Crippen LogP contribution >= 0.6 is 12.4 Å². The van der Waals surface area contributed by atoms with Crippen molar-refractivity contribution in [2.75, 3.05) is 20.2 Å². The number of fused-ring (bicyclic) bond motifs is 5. The zero-order valence-electron chi connectivity index (χ0n) is 17.0.